The minimum Gasteiger partial charge on any atom is -0.323 e. The number of carbonyl (C=O) groups excluding carboxylic acids is 1. The van der Waals surface area contributed by atoms with Gasteiger partial charge in [-0.3, -0.25) is 10.1 Å². The van der Waals surface area contributed by atoms with Gasteiger partial charge in [0.05, 0.1) is 5.56 Å². The van der Waals surface area contributed by atoms with E-state index >= 15 is 0 Å². The van der Waals surface area contributed by atoms with Crippen LogP contribution in [0.5, 0.6) is 0 Å². The average Bonchev–Trinajstić information content (AvgIpc) is 3.22. The number of hydrogen-bond acceptors (Lipinski definition) is 4. The molecule has 0 spiro atoms. The van der Waals surface area contributed by atoms with Crippen molar-refractivity contribution in [1.82, 2.24) is 5.32 Å². The Morgan fingerprint density at radius 3 is 2.78 bits per heavy atom. The van der Waals surface area contributed by atoms with Gasteiger partial charge in [-0.2, -0.15) is 5.26 Å². The molecule has 0 fully saturated rings. The summed E-state index contributed by atoms with van der Waals surface area (Å²) < 4.78 is 0.933. The van der Waals surface area contributed by atoms with Gasteiger partial charge in [-0.15, -0.1) is 11.3 Å². The molecule has 2 N–H and O–H groups in total. The van der Waals surface area contributed by atoms with E-state index in [0.717, 1.165) is 40.1 Å². The maximum Gasteiger partial charge on any atom is 0.258 e. The van der Waals surface area contributed by atoms with Crippen molar-refractivity contribution < 1.29 is 4.79 Å². The second kappa shape index (κ2) is 7.39. The van der Waals surface area contributed by atoms with Crippen LogP contribution in [0.15, 0.2) is 40.9 Å². The molecule has 1 aliphatic rings. The first-order valence-corrected chi connectivity index (χ1v) is 10.4. The van der Waals surface area contributed by atoms with Crippen molar-refractivity contribution in [2.45, 2.75) is 19.3 Å². The Morgan fingerprint density at radius 1 is 1.19 bits per heavy atom. The zero-order valence-corrected chi connectivity index (χ0v) is 17.4. The molecule has 2 aromatic carbocycles. The molecule has 1 aliphatic carbocycles. The second-order valence-corrected chi connectivity index (χ2v) is 8.59. The molecule has 3 aromatic rings. The molecule has 0 saturated heterocycles. The molecular formula is C20H14BrN3OS2. The summed E-state index contributed by atoms with van der Waals surface area (Å²) in [6, 6.07) is 13.6. The smallest absolute Gasteiger partial charge is 0.258 e. The number of thiophene rings is 1. The maximum atomic E-state index is 12.7. The second-order valence-electron chi connectivity index (χ2n) is 6.22. The number of aryl methyl sites for hydroxylation is 1. The lowest BCUT2D eigenvalue weighted by Gasteiger charge is -2.11. The molecule has 0 unspecified atom stereocenters. The number of fused-ring (bicyclic) bond motifs is 2. The molecule has 4 rings (SSSR count). The Morgan fingerprint density at radius 2 is 1.96 bits per heavy atom. The lowest BCUT2D eigenvalue weighted by Crippen LogP contribution is -2.34. The molecular weight excluding hydrogens is 442 g/mol. The number of nitrogens with zero attached hydrogens (tertiary/aromatic N) is 1. The molecule has 1 heterocycles. The summed E-state index contributed by atoms with van der Waals surface area (Å²) in [4.78, 5) is 14.0. The van der Waals surface area contributed by atoms with Gasteiger partial charge >= 0.3 is 0 Å². The Labute approximate surface area is 174 Å². The fourth-order valence-electron chi connectivity index (χ4n) is 3.39. The van der Waals surface area contributed by atoms with Gasteiger partial charge in [0.1, 0.15) is 11.1 Å². The zero-order chi connectivity index (χ0) is 19.0. The quantitative estimate of drug-likeness (QED) is 0.524. The van der Waals surface area contributed by atoms with Crippen LogP contribution in [0.25, 0.3) is 10.8 Å². The van der Waals surface area contributed by atoms with Crippen molar-refractivity contribution >= 4 is 66.3 Å². The summed E-state index contributed by atoms with van der Waals surface area (Å²) in [5, 5.41) is 18.0. The summed E-state index contributed by atoms with van der Waals surface area (Å²) in [6.45, 7) is 0. The fraction of sp³-hybridized carbons (Fsp3) is 0.150. The molecule has 0 saturated carbocycles. The third-order valence-corrected chi connectivity index (χ3v) is 6.70. The monoisotopic (exact) mass is 455 g/mol. The molecule has 27 heavy (non-hydrogen) atoms. The predicted octanol–water partition coefficient (Wildman–Crippen LogP) is 5.15. The normalized spacial score (nSPS) is 12.4. The highest BCUT2D eigenvalue weighted by atomic mass is 79.9. The van der Waals surface area contributed by atoms with Crippen LogP contribution in [-0.4, -0.2) is 11.0 Å². The van der Waals surface area contributed by atoms with Gasteiger partial charge in [0.25, 0.3) is 5.91 Å². The van der Waals surface area contributed by atoms with E-state index in [0.29, 0.717) is 16.1 Å². The number of anilines is 1. The van der Waals surface area contributed by atoms with Crippen LogP contribution < -0.4 is 10.6 Å². The van der Waals surface area contributed by atoms with Crippen LogP contribution in [0.4, 0.5) is 5.00 Å². The van der Waals surface area contributed by atoms with Gasteiger partial charge < -0.3 is 5.32 Å². The zero-order valence-electron chi connectivity index (χ0n) is 14.1. The number of rotatable bonds is 2. The molecule has 4 nitrogen and oxygen atoms in total. The first-order chi connectivity index (χ1) is 13.1. The summed E-state index contributed by atoms with van der Waals surface area (Å²) >= 11 is 10.4. The highest BCUT2D eigenvalue weighted by molar-refractivity contribution is 9.10. The molecule has 1 amide bonds. The van der Waals surface area contributed by atoms with E-state index in [-0.39, 0.29) is 11.0 Å². The molecule has 0 atom stereocenters. The first-order valence-electron chi connectivity index (χ1n) is 8.42. The lowest BCUT2D eigenvalue weighted by molar-refractivity contribution is 0.0979. The lowest BCUT2D eigenvalue weighted by atomic mass is 10.0. The van der Waals surface area contributed by atoms with Crippen LogP contribution in [0.3, 0.4) is 0 Å². The third kappa shape index (κ3) is 3.36. The summed E-state index contributed by atoms with van der Waals surface area (Å²) in [5.41, 5.74) is 2.32. The summed E-state index contributed by atoms with van der Waals surface area (Å²) in [5.74, 6) is -0.279. The van der Waals surface area contributed by atoms with Gasteiger partial charge in [-0.1, -0.05) is 40.2 Å². The van der Waals surface area contributed by atoms with Gasteiger partial charge in [0, 0.05) is 14.9 Å². The van der Waals surface area contributed by atoms with Gasteiger partial charge in [-0.05, 0) is 59.9 Å². The molecule has 7 heteroatoms. The number of benzene rings is 2. The van der Waals surface area contributed by atoms with Crippen LogP contribution in [0, 0.1) is 11.3 Å². The molecule has 1 aromatic heterocycles. The van der Waals surface area contributed by atoms with E-state index in [2.05, 4.69) is 32.6 Å². The van der Waals surface area contributed by atoms with Crippen molar-refractivity contribution in [3.05, 3.63) is 62.4 Å². The number of hydrogen-bond donors (Lipinski definition) is 2. The van der Waals surface area contributed by atoms with Crippen LogP contribution in [0.2, 0.25) is 0 Å². The number of halogens is 1. The summed E-state index contributed by atoms with van der Waals surface area (Å²) in [7, 11) is 0. The van der Waals surface area contributed by atoms with E-state index < -0.39 is 0 Å². The van der Waals surface area contributed by atoms with Crippen molar-refractivity contribution in [1.29, 1.82) is 5.26 Å². The van der Waals surface area contributed by atoms with Gasteiger partial charge in [0.2, 0.25) is 0 Å². The number of nitrogens with one attached hydrogen (secondary N) is 2. The van der Waals surface area contributed by atoms with Crippen molar-refractivity contribution in [3.8, 4) is 6.07 Å². The number of nitriles is 1. The highest BCUT2D eigenvalue weighted by Crippen LogP contribution is 2.38. The topological polar surface area (TPSA) is 64.9 Å². The largest absolute Gasteiger partial charge is 0.323 e. The number of amides is 1. The summed E-state index contributed by atoms with van der Waals surface area (Å²) in [6.07, 6.45) is 3.02. The van der Waals surface area contributed by atoms with Crippen molar-refractivity contribution in [3.63, 3.8) is 0 Å². The van der Waals surface area contributed by atoms with Crippen LogP contribution in [0.1, 0.15) is 32.8 Å². The minimum atomic E-state index is -0.279. The maximum absolute atomic E-state index is 12.7. The van der Waals surface area contributed by atoms with E-state index in [4.69, 9.17) is 12.2 Å². The molecule has 0 radical (unpaired) electrons. The molecule has 134 valence electrons. The SMILES string of the molecule is N#Cc1c(NC(=S)NC(=O)c2cccc3c(Br)cccc23)sc2c1CCC2. The van der Waals surface area contributed by atoms with Crippen molar-refractivity contribution in [2.75, 3.05) is 5.32 Å². The standard InChI is InChI=1S/C20H14BrN3OS2/c21-16-8-2-4-11-12(16)5-1-7-14(11)18(25)23-20(26)24-19-15(10-22)13-6-3-9-17(13)27-19/h1-2,4-5,7-8H,3,6,9H2,(H2,23,24,25,26). The fourth-order valence-corrected chi connectivity index (χ4v) is 5.39. The van der Waals surface area contributed by atoms with Gasteiger partial charge in [0.15, 0.2) is 5.11 Å². The Kier molecular flexibility index (Phi) is 4.96. The van der Waals surface area contributed by atoms with Gasteiger partial charge in [-0.25, -0.2) is 0 Å². The van der Waals surface area contributed by atoms with E-state index in [1.807, 2.05) is 30.3 Å². The number of thiocarbonyl (C=S) groups is 1. The molecule has 0 aliphatic heterocycles. The minimum absolute atomic E-state index is 0.198. The average molecular weight is 456 g/mol. The third-order valence-electron chi connectivity index (χ3n) is 4.60. The number of carbonyl (C=O) groups is 1. The molecule has 0 bridgehead atoms. The predicted molar refractivity (Wildman–Crippen MR) is 116 cm³/mol. The van der Waals surface area contributed by atoms with Crippen LogP contribution >= 0.6 is 39.5 Å². The van der Waals surface area contributed by atoms with E-state index in [1.165, 1.54) is 4.88 Å². The van der Waals surface area contributed by atoms with E-state index in [9.17, 15) is 10.1 Å². The Bertz CT molecular complexity index is 1130. The highest BCUT2D eigenvalue weighted by Gasteiger charge is 2.23. The van der Waals surface area contributed by atoms with Crippen molar-refractivity contribution in [2.24, 2.45) is 0 Å². The first kappa shape index (κ1) is 18.1. The van der Waals surface area contributed by atoms with E-state index in [1.54, 1.807) is 17.4 Å². The van der Waals surface area contributed by atoms with Crippen LogP contribution in [-0.2, 0) is 12.8 Å². The Balaban J connectivity index is 1.55. The Hall–Kier alpha value is -2.27.